The second-order valence-electron chi connectivity index (χ2n) is 9.29. The summed E-state index contributed by atoms with van der Waals surface area (Å²) in [7, 11) is 0. The van der Waals surface area contributed by atoms with Crippen molar-refractivity contribution in [2.24, 2.45) is 0 Å². The van der Waals surface area contributed by atoms with Crippen LogP contribution in [0.15, 0.2) is 84.1 Å². The van der Waals surface area contributed by atoms with Crippen LogP contribution in [0.5, 0.6) is 11.5 Å². The lowest BCUT2D eigenvalue weighted by atomic mass is 9.83. The maximum atomic E-state index is 13.3. The van der Waals surface area contributed by atoms with Crippen LogP contribution >= 0.6 is 0 Å². The lowest BCUT2D eigenvalue weighted by Gasteiger charge is -2.34. The molecular weight excluding hydrogens is 480 g/mol. The van der Waals surface area contributed by atoms with E-state index in [9.17, 15) is 14.4 Å². The third-order valence-electron chi connectivity index (χ3n) is 6.65. The van der Waals surface area contributed by atoms with E-state index >= 15 is 0 Å². The lowest BCUT2D eigenvalue weighted by Crippen LogP contribution is -2.42. The molecule has 0 aromatic heterocycles. The summed E-state index contributed by atoms with van der Waals surface area (Å²) < 4.78 is 11.3. The highest BCUT2D eigenvalue weighted by Crippen LogP contribution is 2.38. The summed E-state index contributed by atoms with van der Waals surface area (Å²) in [6, 6.07) is 22.4. The van der Waals surface area contributed by atoms with E-state index in [2.05, 4.69) is 5.32 Å². The van der Waals surface area contributed by atoms with E-state index < -0.39 is 11.9 Å². The number of nitrogens with zero attached hydrogens (tertiary/aromatic N) is 1. The fourth-order valence-electron chi connectivity index (χ4n) is 4.54. The van der Waals surface area contributed by atoms with Crippen LogP contribution < -0.4 is 10.1 Å². The number of nitrogens with one attached hydrogen (secondary N) is 1. The van der Waals surface area contributed by atoms with Gasteiger partial charge >= 0.3 is 5.97 Å². The molecule has 3 aromatic carbocycles. The van der Waals surface area contributed by atoms with Gasteiger partial charge in [0.05, 0.1) is 12.2 Å². The third-order valence-corrected chi connectivity index (χ3v) is 6.65. The zero-order chi connectivity index (χ0) is 27.2. The number of esters is 1. The number of aryl methyl sites for hydroxylation is 2. The molecule has 7 nitrogen and oxygen atoms in total. The van der Waals surface area contributed by atoms with Crippen molar-refractivity contribution >= 4 is 23.5 Å². The summed E-state index contributed by atoms with van der Waals surface area (Å²) in [6.07, 6.45) is 0.0250. The quantitative estimate of drug-likeness (QED) is 0.381. The summed E-state index contributed by atoms with van der Waals surface area (Å²) in [6.45, 7) is 7.38. The largest absolute Gasteiger partial charge is 0.463 e. The number of amides is 2. The van der Waals surface area contributed by atoms with Gasteiger partial charge in [-0.15, -0.1) is 0 Å². The first kappa shape index (κ1) is 26.7. The highest BCUT2D eigenvalue weighted by Gasteiger charge is 2.37. The van der Waals surface area contributed by atoms with Gasteiger partial charge < -0.3 is 19.7 Å². The average molecular weight is 513 g/mol. The zero-order valence-electron chi connectivity index (χ0n) is 22.1. The van der Waals surface area contributed by atoms with Crippen LogP contribution in [-0.2, 0) is 19.1 Å². The van der Waals surface area contributed by atoms with Gasteiger partial charge in [0.1, 0.15) is 18.0 Å². The second kappa shape index (κ2) is 11.8. The summed E-state index contributed by atoms with van der Waals surface area (Å²) in [4.78, 5) is 40.7. The summed E-state index contributed by atoms with van der Waals surface area (Å²) in [5, 5.41) is 2.85. The summed E-state index contributed by atoms with van der Waals surface area (Å²) in [5.41, 5.74) is 4.36. The molecule has 1 unspecified atom stereocenters. The second-order valence-corrected chi connectivity index (χ2v) is 9.29. The number of hydrogen-bond donors (Lipinski definition) is 1. The molecule has 196 valence electrons. The van der Waals surface area contributed by atoms with Gasteiger partial charge in [-0.05, 0) is 80.8 Å². The SMILES string of the molecule is CCOC(=O)C1=C(C)N(CC(=O)Nc2ccc(C)c(C)c2)C(=O)CC1c1cccc(Oc2ccccc2)c1. The molecule has 1 aliphatic heterocycles. The molecule has 0 bridgehead atoms. The van der Waals surface area contributed by atoms with E-state index in [1.54, 1.807) is 13.8 Å². The van der Waals surface area contributed by atoms with E-state index in [0.717, 1.165) is 16.7 Å². The Hall–Kier alpha value is -4.39. The number of carbonyl (C=O) groups is 3. The van der Waals surface area contributed by atoms with Crippen molar-refractivity contribution < 1.29 is 23.9 Å². The van der Waals surface area contributed by atoms with Gasteiger partial charge in [-0.3, -0.25) is 9.59 Å². The molecule has 0 radical (unpaired) electrons. The van der Waals surface area contributed by atoms with Gasteiger partial charge in [0.15, 0.2) is 0 Å². The molecule has 2 amide bonds. The Labute approximate surface area is 223 Å². The number of anilines is 1. The number of para-hydroxylation sites is 1. The molecule has 4 rings (SSSR count). The maximum absolute atomic E-state index is 13.3. The minimum atomic E-state index is -0.528. The van der Waals surface area contributed by atoms with Crippen LogP contribution in [0.4, 0.5) is 5.69 Å². The molecule has 0 saturated carbocycles. The molecule has 3 aromatic rings. The van der Waals surface area contributed by atoms with E-state index in [4.69, 9.17) is 9.47 Å². The standard InChI is InChI=1S/C31H32N2O5/c1-5-37-31(36)30-22(4)33(19-28(34)32-24-15-14-20(2)21(3)16-24)29(35)18-27(30)23-10-9-13-26(17-23)38-25-11-7-6-8-12-25/h6-17,27H,5,18-19H2,1-4H3,(H,32,34). The Bertz CT molecular complexity index is 1380. The number of carbonyl (C=O) groups excluding carboxylic acids is 3. The number of hydrogen-bond acceptors (Lipinski definition) is 5. The summed E-state index contributed by atoms with van der Waals surface area (Å²) >= 11 is 0. The van der Waals surface area contributed by atoms with Gasteiger partial charge in [0.2, 0.25) is 11.8 Å². The van der Waals surface area contributed by atoms with Gasteiger partial charge in [0, 0.05) is 23.7 Å². The van der Waals surface area contributed by atoms with Crippen molar-refractivity contribution in [3.63, 3.8) is 0 Å². The van der Waals surface area contributed by atoms with Crippen molar-refractivity contribution in [2.75, 3.05) is 18.5 Å². The van der Waals surface area contributed by atoms with E-state index in [1.165, 1.54) is 4.90 Å². The van der Waals surface area contributed by atoms with Crippen molar-refractivity contribution in [1.82, 2.24) is 4.90 Å². The first-order valence-corrected chi connectivity index (χ1v) is 12.6. The highest BCUT2D eigenvalue weighted by molar-refractivity contribution is 5.99. The fraction of sp³-hybridized carbons (Fsp3) is 0.258. The van der Waals surface area contributed by atoms with Crippen molar-refractivity contribution in [3.8, 4) is 11.5 Å². The zero-order valence-corrected chi connectivity index (χ0v) is 22.1. The van der Waals surface area contributed by atoms with Crippen molar-refractivity contribution in [2.45, 2.75) is 40.0 Å². The molecule has 1 heterocycles. The Morgan fingerprint density at radius 1 is 0.921 bits per heavy atom. The predicted molar refractivity (Wildman–Crippen MR) is 146 cm³/mol. The Morgan fingerprint density at radius 3 is 2.37 bits per heavy atom. The monoisotopic (exact) mass is 512 g/mol. The fourth-order valence-corrected chi connectivity index (χ4v) is 4.54. The molecule has 1 N–H and O–H groups in total. The Kier molecular flexibility index (Phi) is 8.26. The molecule has 7 heteroatoms. The van der Waals surface area contributed by atoms with Crippen LogP contribution in [0.1, 0.15) is 42.9 Å². The number of rotatable bonds is 8. The molecule has 0 fully saturated rings. The Balaban J connectivity index is 1.61. The molecule has 1 aliphatic rings. The molecule has 0 aliphatic carbocycles. The van der Waals surface area contributed by atoms with Crippen LogP contribution in [0.2, 0.25) is 0 Å². The van der Waals surface area contributed by atoms with Crippen LogP contribution in [0.3, 0.4) is 0 Å². The minimum absolute atomic E-state index is 0.0250. The number of benzene rings is 3. The van der Waals surface area contributed by atoms with Crippen LogP contribution in [-0.4, -0.2) is 35.8 Å². The normalized spacial score (nSPS) is 15.3. The number of allylic oxidation sites excluding steroid dienone is 1. The maximum Gasteiger partial charge on any atom is 0.336 e. The first-order valence-electron chi connectivity index (χ1n) is 12.6. The molecule has 0 spiro atoms. The lowest BCUT2D eigenvalue weighted by molar-refractivity contribution is -0.140. The Morgan fingerprint density at radius 2 is 1.66 bits per heavy atom. The van der Waals surface area contributed by atoms with Crippen LogP contribution in [0, 0.1) is 13.8 Å². The van der Waals surface area contributed by atoms with Gasteiger partial charge in [-0.1, -0.05) is 36.4 Å². The van der Waals surface area contributed by atoms with Gasteiger partial charge in [-0.25, -0.2) is 4.79 Å². The molecule has 0 saturated heterocycles. The van der Waals surface area contributed by atoms with Crippen molar-refractivity contribution in [1.29, 1.82) is 0 Å². The van der Waals surface area contributed by atoms with E-state index in [0.29, 0.717) is 28.5 Å². The topological polar surface area (TPSA) is 84.9 Å². The number of ether oxygens (including phenoxy) is 2. The van der Waals surface area contributed by atoms with E-state index in [1.807, 2.05) is 86.6 Å². The van der Waals surface area contributed by atoms with E-state index in [-0.39, 0.29) is 31.4 Å². The van der Waals surface area contributed by atoms with Crippen LogP contribution in [0.25, 0.3) is 0 Å². The average Bonchev–Trinajstić information content (AvgIpc) is 2.89. The highest BCUT2D eigenvalue weighted by atomic mass is 16.5. The third kappa shape index (κ3) is 6.11. The van der Waals surface area contributed by atoms with Crippen molar-refractivity contribution in [3.05, 3.63) is 101 Å². The van der Waals surface area contributed by atoms with Gasteiger partial charge in [-0.2, -0.15) is 0 Å². The minimum Gasteiger partial charge on any atom is -0.463 e. The molecule has 1 atom stereocenters. The smallest absolute Gasteiger partial charge is 0.336 e. The molecule has 38 heavy (non-hydrogen) atoms. The first-order chi connectivity index (χ1) is 18.3. The predicted octanol–water partition coefficient (Wildman–Crippen LogP) is 5.89. The molecular formula is C31H32N2O5. The van der Waals surface area contributed by atoms with Gasteiger partial charge in [0.25, 0.3) is 0 Å². The summed E-state index contributed by atoms with van der Waals surface area (Å²) in [5.74, 6) is -0.345.